The molecule has 3 rings (SSSR count). The van der Waals surface area contributed by atoms with Crippen molar-refractivity contribution in [3.63, 3.8) is 0 Å². The minimum atomic E-state index is -0.233. The molecular formula is C18H19N3OS3. The maximum absolute atomic E-state index is 12.5. The molecule has 1 heterocycles. The van der Waals surface area contributed by atoms with Gasteiger partial charge in [0, 0.05) is 11.4 Å². The van der Waals surface area contributed by atoms with Crippen LogP contribution in [0, 0.1) is 0 Å². The van der Waals surface area contributed by atoms with Crippen molar-refractivity contribution >= 4 is 57.2 Å². The van der Waals surface area contributed by atoms with Crippen molar-refractivity contribution in [3.05, 3.63) is 42.5 Å². The summed E-state index contributed by atoms with van der Waals surface area (Å²) in [5.74, 6) is 1.01. The van der Waals surface area contributed by atoms with E-state index in [0.717, 1.165) is 37.3 Å². The SMILES string of the molecule is CCCSc1nnc(S[C@H](C)C(=O)Nc2ccc3ccccc3c2)s1. The zero-order valence-electron chi connectivity index (χ0n) is 14.1. The molecule has 1 amide bonds. The van der Waals surface area contributed by atoms with E-state index in [1.54, 1.807) is 23.1 Å². The van der Waals surface area contributed by atoms with Gasteiger partial charge < -0.3 is 5.32 Å². The van der Waals surface area contributed by atoms with E-state index in [9.17, 15) is 4.79 Å². The second kappa shape index (κ2) is 8.69. The first-order valence-corrected chi connectivity index (χ1v) is 10.8. The van der Waals surface area contributed by atoms with Crippen LogP contribution in [0.1, 0.15) is 20.3 Å². The second-order valence-electron chi connectivity index (χ2n) is 5.49. The fourth-order valence-electron chi connectivity index (χ4n) is 2.21. The van der Waals surface area contributed by atoms with Gasteiger partial charge in [-0.3, -0.25) is 4.79 Å². The first kappa shape index (κ1) is 18.2. The monoisotopic (exact) mass is 389 g/mol. The Morgan fingerprint density at radius 2 is 1.92 bits per heavy atom. The van der Waals surface area contributed by atoms with Gasteiger partial charge in [-0.05, 0) is 36.2 Å². The first-order valence-electron chi connectivity index (χ1n) is 8.08. The van der Waals surface area contributed by atoms with E-state index >= 15 is 0 Å². The molecule has 0 radical (unpaired) electrons. The molecule has 4 nitrogen and oxygen atoms in total. The number of fused-ring (bicyclic) bond motifs is 1. The van der Waals surface area contributed by atoms with Crippen molar-refractivity contribution in [1.82, 2.24) is 10.2 Å². The minimum absolute atomic E-state index is 0.0294. The van der Waals surface area contributed by atoms with E-state index in [0.29, 0.717) is 0 Å². The molecule has 0 bridgehead atoms. The molecule has 0 aliphatic heterocycles. The number of rotatable bonds is 7. The summed E-state index contributed by atoms with van der Waals surface area (Å²) < 4.78 is 1.80. The Kier molecular flexibility index (Phi) is 6.34. The number of benzene rings is 2. The highest BCUT2D eigenvalue weighted by Crippen LogP contribution is 2.31. The van der Waals surface area contributed by atoms with Crippen LogP contribution < -0.4 is 5.32 Å². The van der Waals surface area contributed by atoms with Crippen molar-refractivity contribution < 1.29 is 4.79 Å². The van der Waals surface area contributed by atoms with Gasteiger partial charge in [-0.25, -0.2) is 0 Å². The van der Waals surface area contributed by atoms with Gasteiger partial charge in [-0.15, -0.1) is 10.2 Å². The van der Waals surface area contributed by atoms with Crippen LogP contribution in [-0.4, -0.2) is 27.1 Å². The largest absolute Gasteiger partial charge is 0.325 e. The molecule has 130 valence electrons. The fraction of sp³-hybridized carbons (Fsp3) is 0.278. The van der Waals surface area contributed by atoms with E-state index in [2.05, 4.69) is 28.5 Å². The Labute approximate surface area is 159 Å². The molecule has 7 heteroatoms. The van der Waals surface area contributed by atoms with Gasteiger partial charge in [0.05, 0.1) is 5.25 Å². The van der Waals surface area contributed by atoms with Gasteiger partial charge in [0.15, 0.2) is 8.68 Å². The van der Waals surface area contributed by atoms with Crippen LogP contribution in [0.2, 0.25) is 0 Å². The summed E-state index contributed by atoms with van der Waals surface area (Å²) in [5, 5.41) is 13.4. The van der Waals surface area contributed by atoms with Crippen LogP contribution in [-0.2, 0) is 4.79 Å². The zero-order valence-corrected chi connectivity index (χ0v) is 16.5. The van der Waals surface area contributed by atoms with Crippen LogP contribution in [0.15, 0.2) is 51.1 Å². The summed E-state index contributed by atoms with van der Waals surface area (Å²) >= 11 is 4.71. The smallest absolute Gasteiger partial charge is 0.237 e. The average Bonchev–Trinajstić information content (AvgIpc) is 3.07. The maximum Gasteiger partial charge on any atom is 0.237 e. The van der Waals surface area contributed by atoms with Crippen LogP contribution in [0.25, 0.3) is 10.8 Å². The molecule has 0 saturated heterocycles. The summed E-state index contributed by atoms with van der Waals surface area (Å²) in [6.07, 6.45) is 1.11. The Balaban J connectivity index is 1.60. The Morgan fingerprint density at radius 1 is 1.16 bits per heavy atom. The molecule has 1 aromatic heterocycles. The Morgan fingerprint density at radius 3 is 2.72 bits per heavy atom. The maximum atomic E-state index is 12.5. The van der Waals surface area contributed by atoms with Crippen LogP contribution >= 0.6 is 34.9 Å². The lowest BCUT2D eigenvalue weighted by Crippen LogP contribution is -2.22. The quantitative estimate of drug-likeness (QED) is 0.555. The van der Waals surface area contributed by atoms with Crippen LogP contribution in [0.5, 0.6) is 0 Å². The van der Waals surface area contributed by atoms with Gasteiger partial charge in [-0.2, -0.15) is 0 Å². The highest BCUT2D eigenvalue weighted by Gasteiger charge is 2.17. The standard InChI is InChI=1S/C18H19N3OS3/c1-3-10-23-17-20-21-18(25-17)24-12(2)16(22)19-15-9-8-13-6-4-5-7-14(13)11-15/h4-9,11-12H,3,10H2,1-2H3,(H,19,22)/t12-/m1/s1. The lowest BCUT2D eigenvalue weighted by Gasteiger charge is -2.11. The lowest BCUT2D eigenvalue weighted by atomic mass is 10.1. The second-order valence-corrected chi connectivity index (χ2v) is 9.40. The highest BCUT2D eigenvalue weighted by molar-refractivity contribution is 8.03. The summed E-state index contributed by atoms with van der Waals surface area (Å²) in [6, 6.07) is 14.1. The molecule has 0 aliphatic rings. The van der Waals surface area contributed by atoms with E-state index in [1.807, 2.05) is 43.3 Å². The number of thioether (sulfide) groups is 2. The normalized spacial score (nSPS) is 12.2. The average molecular weight is 390 g/mol. The Hall–Kier alpha value is -1.57. The minimum Gasteiger partial charge on any atom is -0.325 e. The predicted octanol–water partition coefficient (Wildman–Crippen LogP) is 5.31. The molecule has 0 unspecified atom stereocenters. The van der Waals surface area contributed by atoms with Gasteiger partial charge in [0.2, 0.25) is 5.91 Å². The van der Waals surface area contributed by atoms with Crippen LogP contribution in [0.4, 0.5) is 5.69 Å². The molecule has 25 heavy (non-hydrogen) atoms. The van der Waals surface area contributed by atoms with Gasteiger partial charge in [-0.1, -0.05) is 72.1 Å². The fourth-order valence-corrected chi connectivity index (χ4v) is 5.30. The number of hydrogen-bond donors (Lipinski definition) is 1. The third-order valence-electron chi connectivity index (χ3n) is 3.48. The molecule has 0 spiro atoms. The lowest BCUT2D eigenvalue weighted by molar-refractivity contribution is -0.115. The first-order chi connectivity index (χ1) is 12.2. The third kappa shape index (κ3) is 4.96. The predicted molar refractivity (Wildman–Crippen MR) is 109 cm³/mol. The number of carbonyl (C=O) groups excluding carboxylic acids is 1. The molecule has 1 atom stereocenters. The molecular weight excluding hydrogens is 370 g/mol. The molecule has 0 aliphatic carbocycles. The summed E-state index contributed by atoms with van der Waals surface area (Å²) in [4.78, 5) is 12.5. The topological polar surface area (TPSA) is 54.9 Å². The van der Waals surface area contributed by atoms with E-state index in [-0.39, 0.29) is 11.2 Å². The highest BCUT2D eigenvalue weighted by atomic mass is 32.2. The molecule has 3 aromatic rings. The van der Waals surface area contributed by atoms with Gasteiger partial charge in [0.1, 0.15) is 0 Å². The number of amides is 1. The summed E-state index contributed by atoms with van der Waals surface area (Å²) in [6.45, 7) is 4.03. The number of carbonyl (C=O) groups is 1. The van der Waals surface area contributed by atoms with Gasteiger partial charge in [0.25, 0.3) is 0 Å². The van der Waals surface area contributed by atoms with Crippen molar-refractivity contribution in [1.29, 1.82) is 0 Å². The molecule has 0 fully saturated rings. The number of anilines is 1. The Bertz CT molecular complexity index is 865. The van der Waals surface area contributed by atoms with E-state index in [4.69, 9.17) is 0 Å². The van der Waals surface area contributed by atoms with E-state index < -0.39 is 0 Å². The number of nitrogens with one attached hydrogen (secondary N) is 1. The van der Waals surface area contributed by atoms with Crippen molar-refractivity contribution in [2.45, 2.75) is 34.2 Å². The van der Waals surface area contributed by atoms with E-state index in [1.165, 1.54) is 11.8 Å². The van der Waals surface area contributed by atoms with Gasteiger partial charge >= 0.3 is 0 Å². The number of aromatic nitrogens is 2. The zero-order chi connectivity index (χ0) is 17.6. The summed E-state index contributed by atoms with van der Waals surface area (Å²) in [5.41, 5.74) is 0.813. The molecule has 2 aromatic carbocycles. The van der Waals surface area contributed by atoms with Crippen molar-refractivity contribution in [3.8, 4) is 0 Å². The third-order valence-corrected chi connectivity index (χ3v) is 6.93. The number of nitrogens with zero attached hydrogens (tertiary/aromatic N) is 2. The summed E-state index contributed by atoms with van der Waals surface area (Å²) in [7, 11) is 0. The molecule has 1 N–H and O–H groups in total. The number of hydrogen-bond acceptors (Lipinski definition) is 6. The van der Waals surface area contributed by atoms with Crippen molar-refractivity contribution in [2.24, 2.45) is 0 Å². The van der Waals surface area contributed by atoms with Crippen LogP contribution in [0.3, 0.4) is 0 Å². The van der Waals surface area contributed by atoms with Crippen molar-refractivity contribution in [2.75, 3.05) is 11.1 Å². The molecule has 0 saturated carbocycles.